The number of sulfonamides is 1. The summed E-state index contributed by atoms with van der Waals surface area (Å²) in [7, 11) is -3.56. The molecule has 0 bridgehead atoms. The van der Waals surface area contributed by atoms with E-state index in [4.69, 9.17) is 0 Å². The quantitative estimate of drug-likeness (QED) is 0.693. The zero-order valence-electron chi connectivity index (χ0n) is 15.1. The molecule has 1 aromatic heterocycles. The van der Waals surface area contributed by atoms with Gasteiger partial charge in [0.1, 0.15) is 0 Å². The summed E-state index contributed by atoms with van der Waals surface area (Å²) < 4.78 is 26.9. The maximum atomic E-state index is 12.7. The first-order valence-corrected chi connectivity index (χ1v) is 10.5. The average Bonchev–Trinajstić information content (AvgIpc) is 3.42. The first-order chi connectivity index (χ1) is 13.5. The number of nitrogens with zero attached hydrogens (tertiary/aromatic N) is 2. The Bertz CT molecular complexity index is 1090. The normalized spacial score (nSPS) is 14.9. The second kappa shape index (κ2) is 7.57. The van der Waals surface area contributed by atoms with Gasteiger partial charge >= 0.3 is 0 Å². The van der Waals surface area contributed by atoms with Crippen molar-refractivity contribution in [1.29, 1.82) is 0 Å². The van der Waals surface area contributed by atoms with Gasteiger partial charge in [0.05, 0.1) is 10.6 Å². The Morgan fingerprint density at radius 3 is 2.57 bits per heavy atom. The molecule has 4 rings (SSSR count). The fraction of sp³-hybridized carbons (Fsp3) is 0.200. The lowest BCUT2D eigenvalue weighted by molar-refractivity contribution is 0.102. The van der Waals surface area contributed by atoms with Crippen LogP contribution in [0.15, 0.2) is 65.7 Å². The summed E-state index contributed by atoms with van der Waals surface area (Å²) in [4.78, 5) is 12.8. The molecule has 28 heavy (non-hydrogen) atoms. The number of amides is 1. The Kier molecular flexibility index (Phi) is 4.97. The minimum Gasteiger partial charge on any atom is -0.322 e. The Morgan fingerprint density at radius 2 is 1.82 bits per heavy atom. The third kappa shape index (κ3) is 3.69. The second-order valence-electron chi connectivity index (χ2n) is 6.64. The van der Waals surface area contributed by atoms with Crippen LogP contribution in [-0.4, -0.2) is 41.9 Å². The summed E-state index contributed by atoms with van der Waals surface area (Å²) in [6.45, 7) is 1.05. The van der Waals surface area contributed by atoms with Crippen molar-refractivity contribution in [2.75, 3.05) is 18.4 Å². The number of nitrogens with one attached hydrogen (secondary N) is 2. The van der Waals surface area contributed by atoms with Crippen molar-refractivity contribution in [3.63, 3.8) is 0 Å². The second-order valence-corrected chi connectivity index (χ2v) is 8.58. The van der Waals surface area contributed by atoms with E-state index < -0.39 is 10.0 Å². The van der Waals surface area contributed by atoms with Crippen LogP contribution >= 0.6 is 0 Å². The predicted octanol–water partition coefficient (Wildman–Crippen LogP) is 3.11. The van der Waals surface area contributed by atoms with E-state index in [9.17, 15) is 13.2 Å². The van der Waals surface area contributed by atoms with Crippen molar-refractivity contribution in [3.8, 4) is 11.3 Å². The molecule has 0 unspecified atom stereocenters. The zero-order valence-corrected chi connectivity index (χ0v) is 15.9. The van der Waals surface area contributed by atoms with Gasteiger partial charge in [0.2, 0.25) is 10.0 Å². The van der Waals surface area contributed by atoms with E-state index >= 15 is 0 Å². The number of carbonyl (C=O) groups excluding carboxylic acids is 1. The summed E-state index contributed by atoms with van der Waals surface area (Å²) >= 11 is 0. The summed E-state index contributed by atoms with van der Waals surface area (Å²) in [5.41, 5.74) is 2.65. The van der Waals surface area contributed by atoms with Crippen molar-refractivity contribution < 1.29 is 13.2 Å². The molecule has 1 amide bonds. The third-order valence-corrected chi connectivity index (χ3v) is 6.63. The molecule has 1 fully saturated rings. The molecule has 0 radical (unpaired) electrons. The monoisotopic (exact) mass is 396 g/mol. The summed E-state index contributed by atoms with van der Waals surface area (Å²) in [6, 6.07) is 15.4. The number of carbonyl (C=O) groups is 1. The predicted molar refractivity (Wildman–Crippen MR) is 106 cm³/mol. The first kappa shape index (κ1) is 18.4. The molecule has 8 heteroatoms. The van der Waals surface area contributed by atoms with Crippen molar-refractivity contribution in [3.05, 3.63) is 66.4 Å². The highest BCUT2D eigenvalue weighted by Crippen LogP contribution is 2.23. The van der Waals surface area contributed by atoms with E-state index in [0.717, 1.165) is 24.1 Å². The molecule has 144 valence electrons. The van der Waals surface area contributed by atoms with Crippen LogP contribution in [0.25, 0.3) is 11.3 Å². The van der Waals surface area contributed by atoms with Crippen LogP contribution in [0.4, 0.5) is 5.69 Å². The molecule has 1 aliphatic rings. The van der Waals surface area contributed by atoms with Gasteiger partial charge in [-0.1, -0.05) is 18.2 Å². The van der Waals surface area contributed by atoms with Gasteiger partial charge in [-0.2, -0.15) is 9.40 Å². The molecule has 0 spiro atoms. The molecule has 7 nitrogen and oxygen atoms in total. The molecule has 1 saturated heterocycles. The highest BCUT2D eigenvalue weighted by Gasteiger charge is 2.27. The van der Waals surface area contributed by atoms with Crippen LogP contribution < -0.4 is 5.32 Å². The van der Waals surface area contributed by atoms with E-state index in [1.807, 2.05) is 24.3 Å². The van der Waals surface area contributed by atoms with Crippen LogP contribution in [0.5, 0.6) is 0 Å². The molecule has 1 aliphatic heterocycles. The molecule has 0 saturated carbocycles. The van der Waals surface area contributed by atoms with E-state index in [2.05, 4.69) is 15.5 Å². The average molecular weight is 396 g/mol. The van der Waals surface area contributed by atoms with Gasteiger partial charge in [-0.05, 0) is 49.2 Å². The molecular weight excluding hydrogens is 376 g/mol. The number of H-pyrrole nitrogens is 1. The van der Waals surface area contributed by atoms with Gasteiger partial charge in [-0.3, -0.25) is 9.89 Å². The van der Waals surface area contributed by atoms with Gasteiger partial charge in [0, 0.05) is 36.1 Å². The standard InChI is InChI=1S/C20H20N4O3S/c25-20(22-17-7-3-5-15(13-17)19-9-10-21-23-19)16-6-4-8-18(14-16)28(26,27)24-11-1-2-12-24/h3-10,13-14H,1-2,11-12H2,(H,21,23)(H,22,25). The van der Waals surface area contributed by atoms with Gasteiger partial charge in [-0.15, -0.1) is 0 Å². The smallest absolute Gasteiger partial charge is 0.255 e. The van der Waals surface area contributed by atoms with Crippen LogP contribution in [0.3, 0.4) is 0 Å². The van der Waals surface area contributed by atoms with Crippen molar-refractivity contribution >= 4 is 21.6 Å². The Labute approximate surface area is 163 Å². The Balaban J connectivity index is 1.55. The van der Waals surface area contributed by atoms with Crippen LogP contribution in [-0.2, 0) is 10.0 Å². The van der Waals surface area contributed by atoms with Crippen molar-refractivity contribution in [2.45, 2.75) is 17.7 Å². The van der Waals surface area contributed by atoms with Crippen LogP contribution in [0.2, 0.25) is 0 Å². The number of aromatic amines is 1. The lowest BCUT2D eigenvalue weighted by atomic mass is 10.1. The molecule has 0 atom stereocenters. The first-order valence-electron chi connectivity index (χ1n) is 9.05. The van der Waals surface area contributed by atoms with Crippen molar-refractivity contribution in [1.82, 2.24) is 14.5 Å². The highest BCUT2D eigenvalue weighted by molar-refractivity contribution is 7.89. The number of anilines is 1. The Hall–Kier alpha value is -2.97. The fourth-order valence-electron chi connectivity index (χ4n) is 3.26. The zero-order chi connectivity index (χ0) is 19.6. The van der Waals surface area contributed by atoms with E-state index in [1.165, 1.54) is 16.4 Å². The number of hydrogen-bond donors (Lipinski definition) is 2. The van der Waals surface area contributed by atoms with Gasteiger partial charge < -0.3 is 5.32 Å². The molecule has 2 heterocycles. The fourth-order valence-corrected chi connectivity index (χ4v) is 4.82. The summed E-state index contributed by atoms with van der Waals surface area (Å²) in [5.74, 6) is -0.361. The lowest BCUT2D eigenvalue weighted by Gasteiger charge is -2.16. The lowest BCUT2D eigenvalue weighted by Crippen LogP contribution is -2.28. The highest BCUT2D eigenvalue weighted by atomic mass is 32.2. The molecule has 0 aliphatic carbocycles. The topological polar surface area (TPSA) is 95.2 Å². The summed E-state index contributed by atoms with van der Waals surface area (Å²) in [6.07, 6.45) is 3.39. The van der Waals surface area contributed by atoms with Crippen LogP contribution in [0, 0.1) is 0 Å². The third-order valence-electron chi connectivity index (χ3n) is 4.73. The number of aromatic nitrogens is 2. The van der Waals surface area contributed by atoms with E-state index in [-0.39, 0.29) is 10.8 Å². The molecule has 2 aromatic carbocycles. The van der Waals surface area contributed by atoms with E-state index in [0.29, 0.717) is 24.3 Å². The number of hydrogen-bond acceptors (Lipinski definition) is 4. The summed E-state index contributed by atoms with van der Waals surface area (Å²) in [5, 5.41) is 9.64. The largest absolute Gasteiger partial charge is 0.322 e. The maximum absolute atomic E-state index is 12.7. The van der Waals surface area contributed by atoms with Gasteiger partial charge in [0.25, 0.3) is 5.91 Å². The van der Waals surface area contributed by atoms with E-state index in [1.54, 1.807) is 24.4 Å². The maximum Gasteiger partial charge on any atom is 0.255 e. The Morgan fingerprint density at radius 1 is 1.04 bits per heavy atom. The number of rotatable bonds is 5. The SMILES string of the molecule is O=C(Nc1cccc(-c2ccn[nH]2)c1)c1cccc(S(=O)(=O)N2CCCC2)c1. The number of benzene rings is 2. The minimum atomic E-state index is -3.56. The minimum absolute atomic E-state index is 0.147. The molecular formula is C20H20N4O3S. The van der Waals surface area contributed by atoms with Crippen molar-refractivity contribution in [2.24, 2.45) is 0 Å². The van der Waals surface area contributed by atoms with Gasteiger partial charge in [0.15, 0.2) is 0 Å². The molecule has 3 aromatic rings. The molecule has 2 N–H and O–H groups in total. The van der Waals surface area contributed by atoms with Crippen LogP contribution in [0.1, 0.15) is 23.2 Å². The van der Waals surface area contributed by atoms with Gasteiger partial charge in [-0.25, -0.2) is 8.42 Å².